The van der Waals surface area contributed by atoms with Crippen molar-refractivity contribution in [3.05, 3.63) is 22.2 Å². The first-order valence-electron chi connectivity index (χ1n) is 10.0. The molecule has 0 saturated carbocycles. The Morgan fingerprint density at radius 2 is 1.83 bits per heavy atom. The van der Waals surface area contributed by atoms with Crippen LogP contribution in [0.1, 0.15) is 43.5 Å². The number of hydrogen-bond acceptors (Lipinski definition) is 7. The van der Waals surface area contributed by atoms with Gasteiger partial charge >= 0.3 is 11.9 Å². The van der Waals surface area contributed by atoms with Gasteiger partial charge in [0.2, 0.25) is 0 Å². The highest BCUT2D eigenvalue weighted by atomic mass is 79.9. The van der Waals surface area contributed by atoms with Crippen LogP contribution in [0.4, 0.5) is 0 Å². The molecule has 1 amide bonds. The molecule has 1 aromatic rings. The molecule has 0 spiro atoms. The van der Waals surface area contributed by atoms with Gasteiger partial charge in [0, 0.05) is 13.1 Å². The second-order valence-corrected chi connectivity index (χ2v) is 7.68. The Morgan fingerprint density at radius 3 is 2.43 bits per heavy atom. The lowest BCUT2D eigenvalue weighted by Crippen LogP contribution is -2.42. The first-order chi connectivity index (χ1) is 14.4. The van der Waals surface area contributed by atoms with E-state index in [1.165, 1.54) is 13.2 Å². The minimum Gasteiger partial charge on any atom is -0.493 e. The fraction of sp³-hybridized carbons (Fsp3) is 0.571. The summed E-state index contributed by atoms with van der Waals surface area (Å²) >= 11 is 3.38. The summed E-state index contributed by atoms with van der Waals surface area (Å²) in [5.74, 6) is -0.421. The lowest BCUT2D eigenvalue weighted by atomic mass is 9.97. The molecule has 1 fully saturated rings. The molecule has 0 radical (unpaired) electrons. The molecular formula is C21H28BrNO7. The molecule has 0 atom stereocenters. The predicted molar refractivity (Wildman–Crippen MR) is 113 cm³/mol. The van der Waals surface area contributed by atoms with Gasteiger partial charge in [-0.2, -0.15) is 0 Å². The highest BCUT2D eigenvalue weighted by Crippen LogP contribution is 2.37. The molecule has 0 N–H and O–H groups in total. The van der Waals surface area contributed by atoms with Crippen molar-refractivity contribution in [1.82, 2.24) is 4.90 Å². The zero-order valence-corrected chi connectivity index (χ0v) is 19.2. The first kappa shape index (κ1) is 24.0. The third-order valence-electron chi connectivity index (χ3n) is 4.71. The van der Waals surface area contributed by atoms with Crippen LogP contribution in [0.5, 0.6) is 11.5 Å². The van der Waals surface area contributed by atoms with E-state index in [-0.39, 0.29) is 30.0 Å². The van der Waals surface area contributed by atoms with Gasteiger partial charge in [0.25, 0.3) is 5.91 Å². The zero-order chi connectivity index (χ0) is 22.1. The molecule has 1 aromatic carbocycles. The van der Waals surface area contributed by atoms with Crippen LogP contribution in [0.25, 0.3) is 0 Å². The van der Waals surface area contributed by atoms with E-state index in [1.807, 2.05) is 6.92 Å². The van der Waals surface area contributed by atoms with Gasteiger partial charge < -0.3 is 23.8 Å². The van der Waals surface area contributed by atoms with Crippen molar-refractivity contribution in [2.75, 3.05) is 40.0 Å². The quantitative estimate of drug-likeness (QED) is 0.495. The van der Waals surface area contributed by atoms with Crippen molar-refractivity contribution < 1.29 is 33.3 Å². The Kier molecular flexibility index (Phi) is 9.42. The molecule has 1 saturated heterocycles. The van der Waals surface area contributed by atoms with Crippen LogP contribution in [0.3, 0.4) is 0 Å². The molecule has 1 heterocycles. The highest BCUT2D eigenvalue weighted by molar-refractivity contribution is 9.10. The SMILES string of the molecule is CCCOc1c(Br)cc(C(=O)OCC(=O)N2CCC(C(=O)OCC)CC2)cc1OC. The summed E-state index contributed by atoms with van der Waals surface area (Å²) in [7, 11) is 1.49. The van der Waals surface area contributed by atoms with Crippen molar-refractivity contribution in [3.8, 4) is 11.5 Å². The fourth-order valence-electron chi connectivity index (χ4n) is 3.11. The number of hydrogen-bond donors (Lipinski definition) is 0. The van der Waals surface area contributed by atoms with Gasteiger partial charge in [0.05, 0.1) is 36.3 Å². The fourth-order valence-corrected chi connectivity index (χ4v) is 3.66. The molecule has 8 nitrogen and oxygen atoms in total. The Labute approximate surface area is 184 Å². The number of ether oxygens (including phenoxy) is 4. The third-order valence-corrected chi connectivity index (χ3v) is 5.30. The molecule has 0 aromatic heterocycles. The number of piperidine rings is 1. The monoisotopic (exact) mass is 485 g/mol. The lowest BCUT2D eigenvalue weighted by molar-refractivity contribution is -0.151. The second-order valence-electron chi connectivity index (χ2n) is 6.82. The maximum atomic E-state index is 12.4. The van der Waals surface area contributed by atoms with E-state index in [9.17, 15) is 14.4 Å². The minimum absolute atomic E-state index is 0.185. The number of methoxy groups -OCH3 is 1. The summed E-state index contributed by atoms with van der Waals surface area (Å²) in [6.45, 7) is 5.12. The summed E-state index contributed by atoms with van der Waals surface area (Å²) in [6, 6.07) is 3.10. The van der Waals surface area contributed by atoms with Gasteiger partial charge in [-0.05, 0) is 54.2 Å². The summed E-state index contributed by atoms with van der Waals surface area (Å²) in [6.07, 6.45) is 1.92. The van der Waals surface area contributed by atoms with Crippen molar-refractivity contribution in [3.63, 3.8) is 0 Å². The van der Waals surface area contributed by atoms with E-state index in [4.69, 9.17) is 18.9 Å². The van der Waals surface area contributed by atoms with E-state index < -0.39 is 5.97 Å². The number of rotatable bonds is 9. The van der Waals surface area contributed by atoms with Crippen LogP contribution < -0.4 is 9.47 Å². The van der Waals surface area contributed by atoms with Gasteiger partial charge in [0.15, 0.2) is 18.1 Å². The molecule has 166 valence electrons. The number of nitrogens with zero attached hydrogens (tertiary/aromatic N) is 1. The predicted octanol–water partition coefficient (Wildman–Crippen LogP) is 3.21. The third kappa shape index (κ3) is 6.35. The van der Waals surface area contributed by atoms with Crippen LogP contribution in [0.15, 0.2) is 16.6 Å². The Bertz CT molecular complexity index is 760. The minimum atomic E-state index is -0.634. The average molecular weight is 486 g/mol. The van der Waals surface area contributed by atoms with E-state index in [0.717, 1.165) is 6.42 Å². The molecular weight excluding hydrogens is 458 g/mol. The number of esters is 2. The van der Waals surface area contributed by atoms with Crippen LogP contribution in [0, 0.1) is 5.92 Å². The summed E-state index contributed by atoms with van der Waals surface area (Å²) in [4.78, 5) is 38.2. The van der Waals surface area contributed by atoms with Crippen molar-refractivity contribution in [2.24, 2.45) is 5.92 Å². The van der Waals surface area contributed by atoms with Gasteiger partial charge in [-0.3, -0.25) is 9.59 Å². The highest BCUT2D eigenvalue weighted by Gasteiger charge is 2.28. The van der Waals surface area contributed by atoms with Gasteiger partial charge in [-0.1, -0.05) is 6.92 Å². The second kappa shape index (κ2) is 11.8. The molecule has 1 aliphatic rings. The van der Waals surface area contributed by atoms with Crippen LogP contribution in [0.2, 0.25) is 0 Å². The Morgan fingerprint density at radius 1 is 1.13 bits per heavy atom. The molecule has 30 heavy (non-hydrogen) atoms. The standard InChI is InChI=1S/C21H28BrNO7/c1-4-10-29-19-16(22)11-15(12-17(19)27-3)21(26)30-13-18(24)23-8-6-14(7-9-23)20(25)28-5-2/h11-12,14H,4-10,13H2,1-3H3. The topological polar surface area (TPSA) is 91.4 Å². The molecule has 2 rings (SSSR count). The number of amides is 1. The number of halogens is 1. The number of likely N-dealkylation sites (tertiary alicyclic amines) is 1. The molecule has 9 heteroatoms. The van der Waals surface area contributed by atoms with Crippen LogP contribution >= 0.6 is 15.9 Å². The van der Waals surface area contributed by atoms with E-state index in [0.29, 0.717) is 55.1 Å². The maximum Gasteiger partial charge on any atom is 0.338 e. The van der Waals surface area contributed by atoms with Gasteiger partial charge in [-0.25, -0.2) is 4.79 Å². The summed E-state index contributed by atoms with van der Waals surface area (Å²) < 4.78 is 21.7. The normalized spacial score (nSPS) is 14.2. The summed E-state index contributed by atoms with van der Waals surface area (Å²) in [5.41, 5.74) is 0.247. The molecule has 0 unspecified atom stereocenters. The van der Waals surface area contributed by atoms with Crippen molar-refractivity contribution in [2.45, 2.75) is 33.1 Å². The number of benzene rings is 1. The zero-order valence-electron chi connectivity index (χ0n) is 17.6. The van der Waals surface area contributed by atoms with Gasteiger partial charge in [0.1, 0.15) is 0 Å². The lowest BCUT2D eigenvalue weighted by Gasteiger charge is -2.30. The van der Waals surface area contributed by atoms with Crippen LogP contribution in [-0.2, 0) is 19.1 Å². The van der Waals surface area contributed by atoms with Crippen molar-refractivity contribution in [1.29, 1.82) is 0 Å². The number of carbonyl (C=O) groups excluding carboxylic acids is 3. The number of carbonyl (C=O) groups is 3. The Hall–Kier alpha value is -2.29. The van der Waals surface area contributed by atoms with E-state index >= 15 is 0 Å². The Balaban J connectivity index is 1.90. The largest absolute Gasteiger partial charge is 0.493 e. The van der Waals surface area contributed by atoms with Crippen molar-refractivity contribution >= 4 is 33.8 Å². The molecule has 1 aliphatic heterocycles. The average Bonchev–Trinajstić information content (AvgIpc) is 2.76. The maximum absolute atomic E-state index is 12.4. The molecule has 0 aliphatic carbocycles. The van der Waals surface area contributed by atoms with E-state index in [1.54, 1.807) is 17.9 Å². The van der Waals surface area contributed by atoms with Gasteiger partial charge in [-0.15, -0.1) is 0 Å². The molecule has 0 bridgehead atoms. The smallest absolute Gasteiger partial charge is 0.338 e. The van der Waals surface area contributed by atoms with E-state index in [2.05, 4.69) is 15.9 Å². The first-order valence-corrected chi connectivity index (χ1v) is 10.8. The summed E-state index contributed by atoms with van der Waals surface area (Å²) in [5, 5.41) is 0. The van der Waals surface area contributed by atoms with Crippen LogP contribution in [-0.4, -0.2) is 62.8 Å².